The maximum Gasteiger partial charge on any atom is 0.322 e. The molecule has 0 aliphatic carbocycles. The van der Waals surface area contributed by atoms with Gasteiger partial charge in [-0.15, -0.1) is 0 Å². The van der Waals surface area contributed by atoms with Crippen LogP contribution in [0.1, 0.15) is 41.6 Å². The number of carbonyl (C=O) groups excluding carboxylic acids is 1. The van der Waals surface area contributed by atoms with Crippen LogP contribution in [0.2, 0.25) is 0 Å². The third-order valence-corrected chi connectivity index (χ3v) is 2.04. The quantitative estimate of drug-likeness (QED) is 0.796. The van der Waals surface area contributed by atoms with E-state index in [-0.39, 0.29) is 5.92 Å². The van der Waals surface area contributed by atoms with E-state index in [1.165, 1.54) is 0 Å². The second kappa shape index (κ2) is 4.78. The maximum absolute atomic E-state index is 11.7. The summed E-state index contributed by atoms with van der Waals surface area (Å²) >= 11 is 0. The van der Waals surface area contributed by atoms with E-state index in [4.69, 9.17) is 9.63 Å². The Hall–Kier alpha value is -1.85. The Morgan fingerprint density at radius 3 is 2.62 bits per heavy atom. The van der Waals surface area contributed by atoms with Crippen molar-refractivity contribution < 1.29 is 19.2 Å². The van der Waals surface area contributed by atoms with Crippen LogP contribution in [0.3, 0.4) is 0 Å². The number of carbonyl (C=O) groups is 2. The summed E-state index contributed by atoms with van der Waals surface area (Å²) in [6.07, 6.45) is 0. The van der Waals surface area contributed by atoms with Crippen molar-refractivity contribution in [2.24, 2.45) is 0 Å². The molecule has 0 radical (unpaired) electrons. The van der Waals surface area contributed by atoms with Gasteiger partial charge in [0.2, 0.25) is 0 Å². The van der Waals surface area contributed by atoms with E-state index in [2.05, 4.69) is 10.5 Å². The lowest BCUT2D eigenvalue weighted by molar-refractivity contribution is -0.135. The molecule has 0 unspecified atom stereocenters. The topological polar surface area (TPSA) is 92.4 Å². The van der Waals surface area contributed by atoms with Crippen molar-refractivity contribution in [3.05, 3.63) is 17.0 Å². The number of aromatic nitrogens is 1. The summed E-state index contributed by atoms with van der Waals surface area (Å²) in [6, 6.07) is 0. The van der Waals surface area contributed by atoms with Crippen LogP contribution in [-0.4, -0.2) is 28.7 Å². The first-order valence-electron chi connectivity index (χ1n) is 4.89. The third kappa shape index (κ3) is 2.59. The van der Waals surface area contributed by atoms with Crippen LogP contribution < -0.4 is 5.32 Å². The van der Waals surface area contributed by atoms with Gasteiger partial charge in [-0.3, -0.25) is 9.59 Å². The first-order chi connectivity index (χ1) is 7.43. The van der Waals surface area contributed by atoms with E-state index in [1.54, 1.807) is 6.92 Å². The highest BCUT2D eigenvalue weighted by Crippen LogP contribution is 2.21. The molecule has 1 aromatic rings. The monoisotopic (exact) mass is 226 g/mol. The molecule has 0 spiro atoms. The average Bonchev–Trinajstić information content (AvgIpc) is 2.56. The van der Waals surface area contributed by atoms with E-state index in [9.17, 15) is 9.59 Å². The van der Waals surface area contributed by atoms with Gasteiger partial charge in [0.15, 0.2) is 5.76 Å². The molecule has 0 fully saturated rings. The number of carboxylic acids is 1. The minimum atomic E-state index is -1.09. The Kier molecular flexibility index (Phi) is 3.65. The van der Waals surface area contributed by atoms with E-state index < -0.39 is 18.4 Å². The van der Waals surface area contributed by atoms with E-state index >= 15 is 0 Å². The normalized spacial score (nSPS) is 10.5. The Bertz CT molecular complexity index is 409. The minimum Gasteiger partial charge on any atom is -0.480 e. The van der Waals surface area contributed by atoms with E-state index in [0.717, 1.165) is 0 Å². The standard InChI is InChI=1S/C10H14N2O4/c1-5(2)9-8(6(3)12-16-9)10(15)11-4-7(13)14/h5H,4H2,1-3H3,(H,11,15)(H,13,14). The maximum atomic E-state index is 11.7. The molecule has 1 rings (SSSR count). The van der Waals surface area contributed by atoms with Crippen LogP contribution in [0, 0.1) is 6.92 Å². The molecule has 0 saturated carbocycles. The molecule has 0 aliphatic heterocycles. The number of aryl methyl sites for hydroxylation is 1. The fourth-order valence-corrected chi connectivity index (χ4v) is 1.30. The van der Waals surface area contributed by atoms with Crippen molar-refractivity contribution in [2.75, 3.05) is 6.54 Å². The van der Waals surface area contributed by atoms with Crippen molar-refractivity contribution in [3.8, 4) is 0 Å². The van der Waals surface area contributed by atoms with Crippen LogP contribution in [0.4, 0.5) is 0 Å². The molecule has 1 amide bonds. The number of amides is 1. The largest absolute Gasteiger partial charge is 0.480 e. The summed E-state index contributed by atoms with van der Waals surface area (Å²) in [7, 11) is 0. The lowest BCUT2D eigenvalue weighted by Crippen LogP contribution is -2.30. The van der Waals surface area contributed by atoms with Gasteiger partial charge in [0.05, 0.1) is 5.69 Å². The number of carboxylic acid groups (broad SMARTS) is 1. The van der Waals surface area contributed by atoms with E-state index in [1.807, 2.05) is 13.8 Å². The highest BCUT2D eigenvalue weighted by atomic mass is 16.5. The third-order valence-electron chi connectivity index (χ3n) is 2.04. The molecular formula is C10H14N2O4. The van der Waals surface area contributed by atoms with Crippen LogP contribution in [0.5, 0.6) is 0 Å². The molecule has 6 heteroatoms. The number of rotatable bonds is 4. The van der Waals surface area contributed by atoms with Gasteiger partial charge in [-0.2, -0.15) is 0 Å². The SMILES string of the molecule is Cc1noc(C(C)C)c1C(=O)NCC(=O)O. The van der Waals surface area contributed by atoms with Gasteiger partial charge in [0, 0.05) is 5.92 Å². The molecular weight excluding hydrogens is 212 g/mol. The van der Waals surface area contributed by atoms with Crippen molar-refractivity contribution in [1.82, 2.24) is 10.5 Å². The number of hydrogen-bond acceptors (Lipinski definition) is 4. The van der Waals surface area contributed by atoms with Crippen molar-refractivity contribution in [3.63, 3.8) is 0 Å². The fourth-order valence-electron chi connectivity index (χ4n) is 1.30. The van der Waals surface area contributed by atoms with Crippen LogP contribution in [-0.2, 0) is 4.79 Å². The van der Waals surface area contributed by atoms with Gasteiger partial charge in [-0.1, -0.05) is 19.0 Å². The van der Waals surface area contributed by atoms with Crippen LogP contribution >= 0.6 is 0 Å². The number of nitrogens with one attached hydrogen (secondary N) is 1. The number of hydrogen-bond donors (Lipinski definition) is 2. The van der Waals surface area contributed by atoms with Gasteiger partial charge in [0.25, 0.3) is 5.91 Å². The molecule has 16 heavy (non-hydrogen) atoms. The lowest BCUT2D eigenvalue weighted by atomic mass is 10.0. The fraction of sp³-hybridized carbons (Fsp3) is 0.500. The first-order valence-corrected chi connectivity index (χ1v) is 4.89. The molecule has 2 N–H and O–H groups in total. The second-order valence-corrected chi connectivity index (χ2v) is 3.74. The van der Waals surface area contributed by atoms with Gasteiger partial charge < -0.3 is 14.9 Å². The predicted molar refractivity (Wildman–Crippen MR) is 55.3 cm³/mol. The summed E-state index contributed by atoms with van der Waals surface area (Å²) < 4.78 is 5.03. The zero-order valence-corrected chi connectivity index (χ0v) is 9.40. The molecule has 0 aromatic carbocycles. The molecule has 0 aliphatic rings. The smallest absolute Gasteiger partial charge is 0.322 e. The second-order valence-electron chi connectivity index (χ2n) is 3.74. The molecule has 6 nitrogen and oxygen atoms in total. The molecule has 1 aromatic heterocycles. The molecule has 88 valence electrons. The average molecular weight is 226 g/mol. The lowest BCUT2D eigenvalue weighted by Gasteiger charge is -2.04. The van der Waals surface area contributed by atoms with Gasteiger partial charge in [-0.25, -0.2) is 0 Å². The number of aliphatic carboxylic acids is 1. The van der Waals surface area contributed by atoms with Gasteiger partial charge >= 0.3 is 5.97 Å². The summed E-state index contributed by atoms with van der Waals surface area (Å²) in [5, 5.41) is 14.4. The van der Waals surface area contributed by atoms with E-state index in [0.29, 0.717) is 17.0 Å². The molecule has 0 bridgehead atoms. The van der Waals surface area contributed by atoms with Crippen LogP contribution in [0.15, 0.2) is 4.52 Å². The van der Waals surface area contributed by atoms with Crippen molar-refractivity contribution in [1.29, 1.82) is 0 Å². The molecule has 0 atom stereocenters. The van der Waals surface area contributed by atoms with Crippen LogP contribution in [0.25, 0.3) is 0 Å². The Labute approximate surface area is 92.6 Å². The zero-order valence-electron chi connectivity index (χ0n) is 9.40. The Morgan fingerprint density at radius 2 is 2.12 bits per heavy atom. The molecule has 1 heterocycles. The predicted octanol–water partition coefficient (Wildman–Crippen LogP) is 0.921. The highest BCUT2D eigenvalue weighted by Gasteiger charge is 2.22. The minimum absolute atomic E-state index is 0.0202. The summed E-state index contributed by atoms with van der Waals surface area (Å²) in [6.45, 7) is 4.97. The summed E-state index contributed by atoms with van der Waals surface area (Å²) in [4.78, 5) is 22.0. The molecule has 0 saturated heterocycles. The summed E-state index contributed by atoms with van der Waals surface area (Å²) in [5.41, 5.74) is 0.794. The van der Waals surface area contributed by atoms with Gasteiger partial charge in [0.1, 0.15) is 12.1 Å². The van der Waals surface area contributed by atoms with Gasteiger partial charge in [-0.05, 0) is 6.92 Å². The summed E-state index contributed by atoms with van der Waals surface area (Å²) in [5.74, 6) is -1.06. The zero-order chi connectivity index (χ0) is 12.3. The highest BCUT2D eigenvalue weighted by molar-refractivity contribution is 5.97. The Balaban J connectivity index is 2.89. The van der Waals surface area contributed by atoms with Crippen molar-refractivity contribution >= 4 is 11.9 Å². The first kappa shape index (κ1) is 12.2. The van der Waals surface area contributed by atoms with Crippen molar-refractivity contribution in [2.45, 2.75) is 26.7 Å². The number of nitrogens with zero attached hydrogens (tertiary/aromatic N) is 1. The Morgan fingerprint density at radius 1 is 1.50 bits per heavy atom.